The lowest BCUT2D eigenvalue weighted by atomic mass is 10.2. The summed E-state index contributed by atoms with van der Waals surface area (Å²) < 4.78 is 0.910. The van der Waals surface area contributed by atoms with Gasteiger partial charge in [-0.3, -0.25) is 14.4 Å². The van der Waals surface area contributed by atoms with Gasteiger partial charge in [-0.25, -0.2) is 4.68 Å². The van der Waals surface area contributed by atoms with E-state index < -0.39 is 11.5 Å². The zero-order valence-corrected chi connectivity index (χ0v) is 14.4. The maximum absolute atomic E-state index is 12.0. The molecule has 0 saturated heterocycles. The fourth-order valence-electron chi connectivity index (χ4n) is 1.85. The first-order valence-corrected chi connectivity index (χ1v) is 7.58. The van der Waals surface area contributed by atoms with Gasteiger partial charge in [0.2, 0.25) is 5.91 Å². The summed E-state index contributed by atoms with van der Waals surface area (Å²) in [5.41, 5.74) is 0.343. The third kappa shape index (κ3) is 4.12. The number of anilines is 1. The van der Waals surface area contributed by atoms with Gasteiger partial charge in [0.1, 0.15) is 11.6 Å². The van der Waals surface area contributed by atoms with E-state index in [4.69, 9.17) is 23.2 Å². The normalized spacial score (nSPS) is 10.3. The number of nitrogens with one attached hydrogen (secondary N) is 1. The Morgan fingerprint density at radius 3 is 2.42 bits per heavy atom. The minimum absolute atomic E-state index is 0.0273. The molecule has 2 rings (SSSR count). The molecule has 0 spiro atoms. The number of aromatic nitrogens is 2. The Balaban J connectivity index is 2.07. The van der Waals surface area contributed by atoms with Crippen LogP contribution in [-0.2, 0) is 11.3 Å². The van der Waals surface area contributed by atoms with Gasteiger partial charge in [0.05, 0.1) is 11.2 Å². The van der Waals surface area contributed by atoms with E-state index in [-0.39, 0.29) is 22.5 Å². The van der Waals surface area contributed by atoms with Crippen LogP contribution in [0.25, 0.3) is 0 Å². The molecular formula is C15H14Cl2N4O3. The van der Waals surface area contributed by atoms with E-state index in [0.29, 0.717) is 11.3 Å². The number of nitrogens with zero attached hydrogens (tertiary/aromatic N) is 3. The maximum Gasteiger partial charge on any atom is 0.287 e. The number of rotatable bonds is 4. The highest BCUT2D eigenvalue weighted by Gasteiger charge is 2.12. The highest BCUT2D eigenvalue weighted by Crippen LogP contribution is 2.14. The van der Waals surface area contributed by atoms with E-state index >= 15 is 0 Å². The zero-order chi connectivity index (χ0) is 17.9. The molecule has 0 aliphatic rings. The number of hydrogen-bond acceptors (Lipinski definition) is 4. The van der Waals surface area contributed by atoms with Crippen molar-refractivity contribution in [1.82, 2.24) is 14.7 Å². The van der Waals surface area contributed by atoms with Gasteiger partial charge in [-0.05, 0) is 24.3 Å². The fourth-order valence-corrected chi connectivity index (χ4v) is 2.12. The molecule has 0 aliphatic heterocycles. The van der Waals surface area contributed by atoms with E-state index in [9.17, 15) is 14.4 Å². The topological polar surface area (TPSA) is 84.3 Å². The Hall–Kier alpha value is -2.38. The van der Waals surface area contributed by atoms with Gasteiger partial charge in [-0.15, -0.1) is 0 Å². The molecule has 2 amide bonds. The Labute approximate surface area is 147 Å². The molecule has 1 heterocycles. The smallest absolute Gasteiger partial charge is 0.287 e. The number of carbonyl (C=O) groups is 2. The molecule has 2 aromatic rings. The maximum atomic E-state index is 12.0. The highest BCUT2D eigenvalue weighted by molar-refractivity contribution is 6.41. The summed E-state index contributed by atoms with van der Waals surface area (Å²) in [4.78, 5) is 37.1. The van der Waals surface area contributed by atoms with Crippen molar-refractivity contribution in [1.29, 1.82) is 0 Å². The van der Waals surface area contributed by atoms with Crippen molar-refractivity contribution < 1.29 is 9.59 Å². The van der Waals surface area contributed by atoms with E-state index in [1.54, 1.807) is 38.4 Å². The van der Waals surface area contributed by atoms with Crippen LogP contribution in [0.5, 0.6) is 0 Å². The van der Waals surface area contributed by atoms with Crippen LogP contribution in [0.4, 0.5) is 5.69 Å². The van der Waals surface area contributed by atoms with Gasteiger partial charge in [-0.2, -0.15) is 5.10 Å². The van der Waals surface area contributed by atoms with Crippen LogP contribution in [0.1, 0.15) is 10.4 Å². The molecule has 9 heteroatoms. The Morgan fingerprint density at radius 1 is 1.21 bits per heavy atom. The molecule has 0 bridgehead atoms. The molecule has 0 radical (unpaired) electrons. The lowest BCUT2D eigenvalue weighted by Crippen LogP contribution is -2.29. The van der Waals surface area contributed by atoms with Crippen molar-refractivity contribution in [3.05, 3.63) is 56.4 Å². The third-order valence-electron chi connectivity index (χ3n) is 3.06. The number of benzene rings is 1. The van der Waals surface area contributed by atoms with Gasteiger partial charge in [0.15, 0.2) is 0 Å². The standard InChI is InChI=1S/C15H14Cl2N4O3/c1-20(2)14(23)9-3-5-10(6-4-9)19-12(22)8-21-15(24)13(17)11(16)7-18-21/h3-7H,8H2,1-2H3,(H,19,22). The van der Waals surface area contributed by atoms with Crippen LogP contribution in [0.2, 0.25) is 10.0 Å². The Morgan fingerprint density at radius 2 is 1.83 bits per heavy atom. The Bertz CT molecular complexity index is 832. The average Bonchev–Trinajstić information content (AvgIpc) is 2.55. The van der Waals surface area contributed by atoms with Gasteiger partial charge in [0, 0.05) is 25.3 Å². The summed E-state index contributed by atoms with van der Waals surface area (Å²) in [7, 11) is 3.31. The van der Waals surface area contributed by atoms with Crippen molar-refractivity contribution in [2.45, 2.75) is 6.54 Å². The predicted molar refractivity (Wildman–Crippen MR) is 91.6 cm³/mol. The molecule has 0 fully saturated rings. The molecule has 0 saturated carbocycles. The van der Waals surface area contributed by atoms with Crippen molar-refractivity contribution in [3.63, 3.8) is 0 Å². The highest BCUT2D eigenvalue weighted by atomic mass is 35.5. The van der Waals surface area contributed by atoms with Crippen LogP contribution in [0.3, 0.4) is 0 Å². The van der Waals surface area contributed by atoms with Gasteiger partial charge in [0.25, 0.3) is 11.5 Å². The summed E-state index contributed by atoms with van der Waals surface area (Å²) in [6.07, 6.45) is 1.19. The predicted octanol–water partition coefficient (Wildman–Crippen LogP) is 1.89. The zero-order valence-electron chi connectivity index (χ0n) is 12.9. The van der Waals surface area contributed by atoms with Gasteiger partial charge < -0.3 is 10.2 Å². The van der Waals surface area contributed by atoms with Crippen LogP contribution in [-0.4, -0.2) is 40.6 Å². The van der Waals surface area contributed by atoms with Crippen LogP contribution < -0.4 is 10.9 Å². The number of carbonyl (C=O) groups excluding carboxylic acids is 2. The number of hydrogen-bond donors (Lipinski definition) is 1. The van der Waals surface area contributed by atoms with Crippen molar-refractivity contribution >= 4 is 40.7 Å². The minimum atomic E-state index is -0.647. The first-order chi connectivity index (χ1) is 11.3. The number of halogens is 2. The van der Waals surface area contributed by atoms with E-state index in [1.165, 1.54) is 11.1 Å². The van der Waals surface area contributed by atoms with E-state index in [2.05, 4.69) is 10.4 Å². The second-order valence-corrected chi connectivity index (χ2v) is 5.88. The molecular weight excluding hydrogens is 355 g/mol. The second-order valence-electron chi connectivity index (χ2n) is 5.09. The third-order valence-corrected chi connectivity index (χ3v) is 3.81. The van der Waals surface area contributed by atoms with Crippen LogP contribution >= 0.6 is 23.2 Å². The molecule has 0 atom stereocenters. The molecule has 126 valence electrons. The summed E-state index contributed by atoms with van der Waals surface area (Å²) >= 11 is 11.4. The molecule has 1 aromatic carbocycles. The van der Waals surface area contributed by atoms with E-state index in [0.717, 1.165) is 4.68 Å². The van der Waals surface area contributed by atoms with E-state index in [1.807, 2.05) is 0 Å². The molecule has 0 aliphatic carbocycles. The van der Waals surface area contributed by atoms with Crippen LogP contribution in [0.15, 0.2) is 35.3 Å². The number of amides is 2. The largest absolute Gasteiger partial charge is 0.345 e. The fraction of sp³-hybridized carbons (Fsp3) is 0.200. The summed E-state index contributed by atoms with van der Waals surface area (Å²) in [6.45, 7) is -0.311. The van der Waals surface area contributed by atoms with Crippen molar-refractivity contribution in [3.8, 4) is 0 Å². The SMILES string of the molecule is CN(C)C(=O)c1ccc(NC(=O)Cn2ncc(Cl)c(Cl)c2=O)cc1. The first-order valence-electron chi connectivity index (χ1n) is 6.82. The molecule has 24 heavy (non-hydrogen) atoms. The summed E-state index contributed by atoms with van der Waals surface area (Å²) in [5.74, 6) is -0.603. The quantitative estimate of drug-likeness (QED) is 0.892. The monoisotopic (exact) mass is 368 g/mol. The second kappa shape index (κ2) is 7.46. The lowest BCUT2D eigenvalue weighted by Gasteiger charge is -2.11. The Kier molecular flexibility index (Phi) is 5.58. The molecule has 1 aromatic heterocycles. The van der Waals surface area contributed by atoms with Gasteiger partial charge >= 0.3 is 0 Å². The summed E-state index contributed by atoms with van der Waals surface area (Å²) in [5, 5.41) is 6.20. The molecule has 0 unspecified atom stereocenters. The molecule has 7 nitrogen and oxygen atoms in total. The van der Waals surface area contributed by atoms with Crippen molar-refractivity contribution in [2.24, 2.45) is 0 Å². The summed E-state index contributed by atoms with van der Waals surface area (Å²) in [6, 6.07) is 6.39. The van der Waals surface area contributed by atoms with Crippen LogP contribution in [0, 0.1) is 0 Å². The van der Waals surface area contributed by atoms with Gasteiger partial charge in [-0.1, -0.05) is 23.2 Å². The lowest BCUT2D eigenvalue weighted by molar-refractivity contribution is -0.117. The minimum Gasteiger partial charge on any atom is -0.345 e. The first kappa shape index (κ1) is 18.0. The molecule has 1 N–H and O–H groups in total. The average molecular weight is 369 g/mol. The van der Waals surface area contributed by atoms with Crippen molar-refractivity contribution in [2.75, 3.05) is 19.4 Å².